The first kappa shape index (κ1) is 15.6. The monoisotopic (exact) mass is 326 g/mol. The summed E-state index contributed by atoms with van der Waals surface area (Å²) in [5, 5.41) is 0.710. The van der Waals surface area contributed by atoms with Crippen LogP contribution < -0.4 is 0 Å². The van der Waals surface area contributed by atoms with Crippen LogP contribution in [0.4, 0.5) is 5.69 Å². The Morgan fingerprint density at radius 2 is 2.00 bits per heavy atom. The van der Waals surface area contributed by atoms with E-state index in [1.54, 1.807) is 11.0 Å². The fourth-order valence-electron chi connectivity index (χ4n) is 2.32. The SMILES string of the molecule is CCN1C(=O)/C(=C\c2ccc(C)o2)SC1=Nc1ccccc1C. The van der Waals surface area contributed by atoms with Crippen LogP contribution in [0.1, 0.15) is 24.0 Å². The quantitative estimate of drug-likeness (QED) is 0.779. The Morgan fingerprint density at radius 3 is 2.65 bits per heavy atom. The van der Waals surface area contributed by atoms with Gasteiger partial charge < -0.3 is 4.42 Å². The highest BCUT2D eigenvalue weighted by molar-refractivity contribution is 8.18. The third-order valence-electron chi connectivity index (χ3n) is 3.57. The highest BCUT2D eigenvalue weighted by Crippen LogP contribution is 2.34. The van der Waals surface area contributed by atoms with E-state index in [4.69, 9.17) is 4.42 Å². The van der Waals surface area contributed by atoms with Crippen LogP contribution in [0.25, 0.3) is 6.08 Å². The highest BCUT2D eigenvalue weighted by Gasteiger charge is 2.32. The molecule has 1 aromatic carbocycles. The molecular formula is C18H18N2O2S. The number of nitrogens with zero attached hydrogens (tertiary/aromatic N) is 2. The summed E-state index contributed by atoms with van der Waals surface area (Å²) >= 11 is 1.39. The lowest BCUT2D eigenvalue weighted by molar-refractivity contribution is -0.122. The predicted molar refractivity (Wildman–Crippen MR) is 94.7 cm³/mol. The van der Waals surface area contributed by atoms with Crippen molar-refractivity contribution >= 4 is 34.6 Å². The number of para-hydroxylation sites is 1. The molecule has 2 heterocycles. The first-order valence-corrected chi connectivity index (χ1v) is 8.32. The van der Waals surface area contributed by atoms with Crippen molar-refractivity contribution in [2.45, 2.75) is 20.8 Å². The van der Waals surface area contributed by atoms with Gasteiger partial charge in [-0.25, -0.2) is 4.99 Å². The first-order valence-electron chi connectivity index (χ1n) is 7.50. The molecule has 23 heavy (non-hydrogen) atoms. The third-order valence-corrected chi connectivity index (χ3v) is 4.58. The zero-order valence-electron chi connectivity index (χ0n) is 13.4. The summed E-state index contributed by atoms with van der Waals surface area (Å²) in [4.78, 5) is 19.5. The lowest BCUT2D eigenvalue weighted by Gasteiger charge is -2.12. The molecule has 1 aliphatic rings. The Kier molecular flexibility index (Phi) is 4.39. The minimum atomic E-state index is -0.0288. The van der Waals surface area contributed by atoms with E-state index in [2.05, 4.69) is 4.99 Å². The summed E-state index contributed by atoms with van der Waals surface area (Å²) in [5.41, 5.74) is 1.97. The smallest absolute Gasteiger partial charge is 0.266 e. The van der Waals surface area contributed by atoms with Crippen molar-refractivity contribution in [3.05, 3.63) is 58.4 Å². The van der Waals surface area contributed by atoms with E-state index in [-0.39, 0.29) is 5.91 Å². The molecule has 0 unspecified atom stereocenters. The van der Waals surface area contributed by atoms with Crippen LogP contribution in [-0.4, -0.2) is 22.5 Å². The molecular weight excluding hydrogens is 308 g/mol. The molecule has 1 amide bonds. The number of carbonyl (C=O) groups is 1. The van der Waals surface area contributed by atoms with Gasteiger partial charge in [-0.05, 0) is 56.3 Å². The van der Waals surface area contributed by atoms with E-state index < -0.39 is 0 Å². The summed E-state index contributed by atoms with van der Waals surface area (Å²) in [7, 11) is 0. The van der Waals surface area contributed by atoms with Gasteiger partial charge in [0.05, 0.1) is 10.6 Å². The molecule has 0 radical (unpaired) electrons. The van der Waals surface area contributed by atoms with Crippen molar-refractivity contribution in [1.82, 2.24) is 4.90 Å². The fraction of sp³-hybridized carbons (Fsp3) is 0.222. The standard InChI is InChI=1S/C18H18N2O2S/c1-4-20-17(21)16(11-14-10-9-13(3)22-14)23-18(20)19-15-8-6-5-7-12(15)2/h5-11H,4H2,1-3H3/b16-11+,19-18?. The summed E-state index contributed by atoms with van der Waals surface area (Å²) in [6, 6.07) is 11.7. The molecule has 4 nitrogen and oxygen atoms in total. The van der Waals surface area contributed by atoms with Crippen molar-refractivity contribution in [2.75, 3.05) is 6.54 Å². The van der Waals surface area contributed by atoms with E-state index in [1.807, 2.05) is 57.2 Å². The summed E-state index contributed by atoms with van der Waals surface area (Å²) < 4.78 is 5.53. The molecule has 0 spiro atoms. The summed E-state index contributed by atoms with van der Waals surface area (Å²) in [6.07, 6.45) is 1.78. The van der Waals surface area contributed by atoms with Gasteiger partial charge in [-0.15, -0.1) is 0 Å². The molecule has 0 N–H and O–H groups in total. The van der Waals surface area contributed by atoms with Crippen molar-refractivity contribution in [2.24, 2.45) is 4.99 Å². The summed E-state index contributed by atoms with van der Waals surface area (Å²) in [5.74, 6) is 1.49. The van der Waals surface area contributed by atoms with Gasteiger partial charge >= 0.3 is 0 Å². The van der Waals surface area contributed by atoms with E-state index in [9.17, 15) is 4.79 Å². The molecule has 118 valence electrons. The normalized spacial score (nSPS) is 18.4. The van der Waals surface area contributed by atoms with Gasteiger partial charge in [0.15, 0.2) is 5.17 Å². The number of furan rings is 1. The number of rotatable bonds is 3. The number of aliphatic imine (C=N–C) groups is 1. The first-order chi connectivity index (χ1) is 11.1. The lowest BCUT2D eigenvalue weighted by Crippen LogP contribution is -2.28. The minimum Gasteiger partial charge on any atom is -0.462 e. The van der Waals surface area contributed by atoms with Crippen LogP contribution >= 0.6 is 11.8 Å². The van der Waals surface area contributed by atoms with Crippen molar-refractivity contribution in [3.8, 4) is 0 Å². The zero-order chi connectivity index (χ0) is 16.4. The third kappa shape index (κ3) is 3.24. The van der Waals surface area contributed by atoms with E-state index in [0.717, 1.165) is 17.0 Å². The molecule has 1 saturated heterocycles. The van der Waals surface area contributed by atoms with E-state index in [1.165, 1.54) is 11.8 Å². The van der Waals surface area contributed by atoms with Gasteiger partial charge in [0.25, 0.3) is 5.91 Å². The Labute approximate surface area is 139 Å². The number of amides is 1. The second-order valence-corrected chi connectivity index (χ2v) is 6.30. The Bertz CT molecular complexity index is 805. The van der Waals surface area contributed by atoms with Crippen LogP contribution in [-0.2, 0) is 4.79 Å². The Hall–Kier alpha value is -2.27. The van der Waals surface area contributed by atoms with Crippen molar-refractivity contribution < 1.29 is 9.21 Å². The lowest BCUT2D eigenvalue weighted by atomic mass is 10.2. The van der Waals surface area contributed by atoms with Gasteiger partial charge in [-0.2, -0.15) is 0 Å². The number of hydrogen-bond acceptors (Lipinski definition) is 4. The highest BCUT2D eigenvalue weighted by atomic mass is 32.2. The number of hydrogen-bond donors (Lipinski definition) is 0. The number of thioether (sulfide) groups is 1. The predicted octanol–water partition coefficient (Wildman–Crippen LogP) is 4.52. The van der Waals surface area contributed by atoms with Crippen LogP contribution in [0.3, 0.4) is 0 Å². The molecule has 5 heteroatoms. The molecule has 1 aromatic heterocycles. The second-order valence-electron chi connectivity index (χ2n) is 5.29. The van der Waals surface area contributed by atoms with Gasteiger partial charge in [-0.1, -0.05) is 18.2 Å². The Balaban J connectivity index is 1.95. The maximum absolute atomic E-state index is 12.5. The molecule has 3 rings (SSSR count). The average Bonchev–Trinajstić information content (AvgIpc) is 3.06. The van der Waals surface area contributed by atoms with Crippen LogP contribution in [0.2, 0.25) is 0 Å². The zero-order valence-corrected chi connectivity index (χ0v) is 14.2. The molecule has 0 bridgehead atoms. The number of likely N-dealkylation sites (N-methyl/N-ethyl adjacent to an activating group) is 1. The van der Waals surface area contributed by atoms with Gasteiger partial charge in [-0.3, -0.25) is 9.69 Å². The largest absolute Gasteiger partial charge is 0.462 e. The van der Waals surface area contributed by atoms with Gasteiger partial charge in [0.2, 0.25) is 0 Å². The number of aryl methyl sites for hydroxylation is 2. The van der Waals surface area contributed by atoms with Crippen LogP contribution in [0.15, 0.2) is 50.7 Å². The molecule has 0 aliphatic carbocycles. The topological polar surface area (TPSA) is 45.8 Å². The molecule has 0 saturated carbocycles. The number of carbonyl (C=O) groups excluding carboxylic acids is 1. The number of benzene rings is 1. The Morgan fingerprint density at radius 1 is 1.22 bits per heavy atom. The van der Waals surface area contributed by atoms with Crippen LogP contribution in [0, 0.1) is 13.8 Å². The van der Waals surface area contributed by atoms with E-state index >= 15 is 0 Å². The molecule has 0 atom stereocenters. The van der Waals surface area contributed by atoms with Crippen LogP contribution in [0.5, 0.6) is 0 Å². The van der Waals surface area contributed by atoms with Crippen molar-refractivity contribution in [3.63, 3.8) is 0 Å². The summed E-state index contributed by atoms with van der Waals surface area (Å²) in [6.45, 7) is 6.44. The molecule has 2 aromatic rings. The second kappa shape index (κ2) is 6.46. The fourth-order valence-corrected chi connectivity index (χ4v) is 3.36. The van der Waals surface area contributed by atoms with E-state index in [0.29, 0.717) is 22.4 Å². The maximum Gasteiger partial charge on any atom is 0.266 e. The maximum atomic E-state index is 12.5. The van der Waals surface area contributed by atoms with Gasteiger partial charge in [0.1, 0.15) is 11.5 Å². The minimum absolute atomic E-state index is 0.0288. The van der Waals surface area contributed by atoms with Gasteiger partial charge in [0, 0.05) is 12.6 Å². The average molecular weight is 326 g/mol. The van der Waals surface area contributed by atoms with Crippen molar-refractivity contribution in [1.29, 1.82) is 0 Å². The number of amidine groups is 1. The molecule has 1 aliphatic heterocycles. The molecule has 1 fully saturated rings.